The molecule has 2 unspecified atom stereocenters. The molecule has 0 aromatic carbocycles. The molecule has 0 spiro atoms. The van der Waals surface area contributed by atoms with E-state index in [2.05, 4.69) is 31.0 Å². The van der Waals surface area contributed by atoms with E-state index in [0.717, 1.165) is 39.4 Å². The minimum atomic E-state index is 0.0480. The van der Waals surface area contributed by atoms with Crippen LogP contribution >= 0.6 is 0 Å². The van der Waals surface area contributed by atoms with Gasteiger partial charge in [0.25, 0.3) is 0 Å². The van der Waals surface area contributed by atoms with Crippen LogP contribution in [0.25, 0.3) is 0 Å². The van der Waals surface area contributed by atoms with Crippen LogP contribution in [-0.4, -0.2) is 62.0 Å². The number of nitrogens with one attached hydrogen (secondary N) is 1. The summed E-state index contributed by atoms with van der Waals surface area (Å²) in [5.41, 5.74) is 0.0480. The molecule has 0 aromatic heterocycles. The van der Waals surface area contributed by atoms with E-state index in [1.165, 1.54) is 12.8 Å². The summed E-state index contributed by atoms with van der Waals surface area (Å²) in [7, 11) is 0. The Hall–Kier alpha value is -0.160. The van der Waals surface area contributed by atoms with Crippen LogP contribution in [-0.2, 0) is 9.47 Å². The molecule has 2 atom stereocenters. The van der Waals surface area contributed by atoms with E-state index in [0.29, 0.717) is 12.1 Å². The maximum Gasteiger partial charge on any atom is 0.0826 e. The summed E-state index contributed by atoms with van der Waals surface area (Å²) in [4.78, 5) is 2.49. The molecule has 2 aliphatic rings. The van der Waals surface area contributed by atoms with Crippen molar-refractivity contribution in [2.24, 2.45) is 0 Å². The van der Waals surface area contributed by atoms with Crippen molar-refractivity contribution >= 4 is 0 Å². The standard InChI is InChI=1S/C14H28N2O2/c1-12(2)16-6-8-17-13(10-16)9-15-11-14(3)5-4-7-18-14/h12-13,15H,4-11H2,1-3H3. The Morgan fingerprint density at radius 2 is 2.22 bits per heavy atom. The van der Waals surface area contributed by atoms with Crippen LogP contribution in [0.4, 0.5) is 0 Å². The van der Waals surface area contributed by atoms with E-state index in [1.54, 1.807) is 0 Å². The molecule has 0 radical (unpaired) electrons. The average Bonchev–Trinajstić information content (AvgIpc) is 2.77. The van der Waals surface area contributed by atoms with Gasteiger partial charge in [-0.3, -0.25) is 4.90 Å². The first-order valence-corrected chi connectivity index (χ1v) is 7.29. The quantitative estimate of drug-likeness (QED) is 0.803. The third-order valence-electron chi connectivity index (χ3n) is 4.07. The molecular formula is C14H28N2O2. The minimum Gasteiger partial charge on any atom is -0.374 e. The number of nitrogens with zero attached hydrogens (tertiary/aromatic N) is 1. The van der Waals surface area contributed by atoms with Crippen LogP contribution in [0, 0.1) is 0 Å². The van der Waals surface area contributed by atoms with Crippen molar-refractivity contribution in [2.45, 2.75) is 51.4 Å². The topological polar surface area (TPSA) is 33.7 Å². The van der Waals surface area contributed by atoms with E-state index in [-0.39, 0.29) is 5.60 Å². The first-order valence-electron chi connectivity index (χ1n) is 7.29. The van der Waals surface area contributed by atoms with Gasteiger partial charge < -0.3 is 14.8 Å². The Balaban J connectivity index is 1.67. The van der Waals surface area contributed by atoms with Crippen LogP contribution in [0.3, 0.4) is 0 Å². The zero-order valence-corrected chi connectivity index (χ0v) is 12.1. The van der Waals surface area contributed by atoms with Crippen LogP contribution in [0.5, 0.6) is 0 Å². The summed E-state index contributed by atoms with van der Waals surface area (Å²) in [5.74, 6) is 0. The van der Waals surface area contributed by atoms with Gasteiger partial charge in [0.1, 0.15) is 0 Å². The summed E-state index contributed by atoms with van der Waals surface area (Å²) < 4.78 is 11.6. The Labute approximate surface area is 111 Å². The third-order valence-corrected chi connectivity index (χ3v) is 4.07. The van der Waals surface area contributed by atoms with Crippen LogP contribution in [0.15, 0.2) is 0 Å². The fraction of sp³-hybridized carbons (Fsp3) is 1.00. The van der Waals surface area contributed by atoms with Gasteiger partial charge in [-0.25, -0.2) is 0 Å². The highest BCUT2D eigenvalue weighted by atomic mass is 16.5. The highest BCUT2D eigenvalue weighted by Gasteiger charge is 2.30. The van der Waals surface area contributed by atoms with E-state index in [1.807, 2.05) is 0 Å². The second kappa shape index (κ2) is 6.33. The third kappa shape index (κ3) is 3.92. The molecule has 2 fully saturated rings. The molecule has 2 aliphatic heterocycles. The monoisotopic (exact) mass is 256 g/mol. The molecule has 0 amide bonds. The molecule has 1 N–H and O–H groups in total. The molecule has 4 nitrogen and oxygen atoms in total. The van der Waals surface area contributed by atoms with Crippen molar-refractivity contribution in [3.8, 4) is 0 Å². The van der Waals surface area contributed by atoms with Gasteiger partial charge in [-0.1, -0.05) is 0 Å². The van der Waals surface area contributed by atoms with Gasteiger partial charge >= 0.3 is 0 Å². The van der Waals surface area contributed by atoms with Gasteiger partial charge in [-0.05, 0) is 33.6 Å². The number of hydrogen-bond donors (Lipinski definition) is 1. The van der Waals surface area contributed by atoms with Gasteiger partial charge in [0, 0.05) is 38.8 Å². The van der Waals surface area contributed by atoms with E-state index in [9.17, 15) is 0 Å². The van der Waals surface area contributed by atoms with Crippen molar-refractivity contribution in [1.82, 2.24) is 10.2 Å². The average molecular weight is 256 g/mol. The summed E-state index contributed by atoms with van der Waals surface area (Å²) in [6.07, 6.45) is 2.69. The van der Waals surface area contributed by atoms with Crippen LogP contribution in [0.1, 0.15) is 33.6 Å². The van der Waals surface area contributed by atoms with Gasteiger partial charge in [0.2, 0.25) is 0 Å². The SMILES string of the molecule is CC(C)N1CCOC(CNCC2(C)CCCO2)C1. The molecule has 2 heterocycles. The molecule has 4 heteroatoms. The van der Waals surface area contributed by atoms with Crippen LogP contribution in [0.2, 0.25) is 0 Å². The fourth-order valence-electron chi connectivity index (χ4n) is 2.81. The number of ether oxygens (including phenoxy) is 2. The molecule has 18 heavy (non-hydrogen) atoms. The fourth-order valence-corrected chi connectivity index (χ4v) is 2.81. The first kappa shape index (κ1) is 14.3. The Morgan fingerprint density at radius 3 is 2.89 bits per heavy atom. The molecule has 0 aliphatic carbocycles. The van der Waals surface area contributed by atoms with Gasteiger partial charge in [-0.2, -0.15) is 0 Å². The molecule has 0 saturated carbocycles. The normalized spacial score (nSPS) is 34.3. The Kier molecular flexibility index (Phi) is 5.01. The van der Waals surface area contributed by atoms with Gasteiger partial charge in [0.15, 0.2) is 0 Å². The summed E-state index contributed by atoms with van der Waals surface area (Å²) in [6.45, 7) is 12.5. The molecule has 2 saturated heterocycles. The summed E-state index contributed by atoms with van der Waals surface area (Å²) in [6, 6.07) is 0.618. The number of rotatable bonds is 5. The zero-order chi connectivity index (χ0) is 13.0. The number of hydrogen-bond acceptors (Lipinski definition) is 4. The van der Waals surface area contributed by atoms with Crippen molar-refractivity contribution in [3.63, 3.8) is 0 Å². The second-order valence-corrected chi connectivity index (χ2v) is 6.11. The van der Waals surface area contributed by atoms with E-state index in [4.69, 9.17) is 9.47 Å². The van der Waals surface area contributed by atoms with Crippen molar-refractivity contribution in [2.75, 3.05) is 39.4 Å². The maximum atomic E-state index is 5.81. The molecule has 106 valence electrons. The van der Waals surface area contributed by atoms with E-state index >= 15 is 0 Å². The first-order chi connectivity index (χ1) is 8.59. The lowest BCUT2D eigenvalue weighted by molar-refractivity contribution is -0.0408. The second-order valence-electron chi connectivity index (χ2n) is 6.11. The Bertz CT molecular complexity index is 252. The predicted molar refractivity (Wildman–Crippen MR) is 72.9 cm³/mol. The minimum absolute atomic E-state index is 0.0480. The predicted octanol–water partition coefficient (Wildman–Crippen LogP) is 1.25. The lowest BCUT2D eigenvalue weighted by Crippen LogP contribution is -2.50. The van der Waals surface area contributed by atoms with Crippen LogP contribution < -0.4 is 5.32 Å². The summed E-state index contributed by atoms with van der Waals surface area (Å²) in [5, 5.41) is 3.52. The molecular weight excluding hydrogens is 228 g/mol. The maximum absolute atomic E-state index is 5.81. The zero-order valence-electron chi connectivity index (χ0n) is 12.1. The van der Waals surface area contributed by atoms with Gasteiger partial charge in [0.05, 0.1) is 18.3 Å². The highest BCUT2D eigenvalue weighted by molar-refractivity contribution is 4.84. The van der Waals surface area contributed by atoms with Crippen molar-refractivity contribution < 1.29 is 9.47 Å². The molecule has 2 rings (SSSR count). The highest BCUT2D eigenvalue weighted by Crippen LogP contribution is 2.23. The largest absolute Gasteiger partial charge is 0.374 e. The molecule has 0 aromatic rings. The lowest BCUT2D eigenvalue weighted by atomic mass is 10.0. The van der Waals surface area contributed by atoms with Crippen molar-refractivity contribution in [1.29, 1.82) is 0 Å². The summed E-state index contributed by atoms with van der Waals surface area (Å²) >= 11 is 0. The van der Waals surface area contributed by atoms with Gasteiger partial charge in [-0.15, -0.1) is 0 Å². The lowest BCUT2D eigenvalue weighted by Gasteiger charge is -2.36. The van der Waals surface area contributed by atoms with Crippen molar-refractivity contribution in [3.05, 3.63) is 0 Å². The Morgan fingerprint density at radius 1 is 1.39 bits per heavy atom. The smallest absolute Gasteiger partial charge is 0.0826 e. The molecule has 0 bridgehead atoms. The van der Waals surface area contributed by atoms with E-state index < -0.39 is 0 Å². The number of morpholine rings is 1.